The summed E-state index contributed by atoms with van der Waals surface area (Å²) in [6, 6.07) is 93.8. The van der Waals surface area contributed by atoms with Crippen molar-refractivity contribution in [2.75, 3.05) is 0 Å². The SMILES string of the molecule is CC(C)c1cc(C(C)C)c(-c2cnc3c4[c-]cccc4c4cc(CC(C)(C)C)c(CC(C)(C)C)cc4n23)c(C(C)C)c1.Cc1cc2c3ccc[c-]c3c3ncc(-c4c(C)cc(-c5ccccc5)cc4C)n3c2cc1C.Cc1cccc(C)c1-c1cnc2c3[c-]cccc3c3cc(CC(C)(C)C)c(CC(C)(C)C)cc3n12.Cc1cccc(C)c1-c1cnc2c3[c-]cccc3c3cc(CC(C)(C)C)ccc3n12.[Ir].[Ir].[Ir].[Ir]. The minimum absolute atomic E-state index is 0. The molecule has 8 nitrogen and oxygen atoms in total. The van der Waals surface area contributed by atoms with Gasteiger partial charge in [0.2, 0.25) is 0 Å². The van der Waals surface area contributed by atoms with E-state index in [1.54, 1.807) is 0 Å². The van der Waals surface area contributed by atoms with Crippen LogP contribution < -0.4 is 0 Å². The van der Waals surface area contributed by atoms with Gasteiger partial charge in [-0.25, -0.2) is 0 Å². The fourth-order valence-electron chi connectivity index (χ4n) is 22.0. The van der Waals surface area contributed by atoms with Gasteiger partial charge in [-0.05, 0) is 278 Å². The van der Waals surface area contributed by atoms with Gasteiger partial charge >= 0.3 is 0 Å². The summed E-state index contributed by atoms with van der Waals surface area (Å²) in [5, 5.41) is 14.3. The van der Waals surface area contributed by atoms with Crippen molar-refractivity contribution in [3.05, 3.63) is 356 Å². The Morgan fingerprint density at radius 3 is 0.896 bits per heavy atom. The van der Waals surface area contributed by atoms with Crippen LogP contribution in [0.1, 0.15) is 252 Å². The first-order chi connectivity index (χ1) is 66.3. The van der Waals surface area contributed by atoms with Crippen LogP contribution in [0.3, 0.4) is 0 Å². The minimum Gasteiger partial charge on any atom is -0.333 e. The largest absolute Gasteiger partial charge is 0.333 e. The molecule has 21 rings (SSSR count). The van der Waals surface area contributed by atoms with Gasteiger partial charge in [0.05, 0.1) is 45.4 Å². The van der Waals surface area contributed by atoms with Crippen LogP contribution >= 0.6 is 0 Å². The molecule has 13 aromatic carbocycles. The number of aromatic nitrogens is 8. The molecule has 8 heterocycles. The van der Waals surface area contributed by atoms with Crippen LogP contribution in [0.4, 0.5) is 0 Å². The van der Waals surface area contributed by atoms with E-state index in [-0.39, 0.29) is 107 Å². The Hall–Kier alpha value is -10.7. The van der Waals surface area contributed by atoms with E-state index in [0.717, 1.165) is 93.3 Å². The van der Waals surface area contributed by atoms with Crippen molar-refractivity contribution >= 4 is 109 Å². The Morgan fingerprint density at radius 2 is 0.556 bits per heavy atom. The van der Waals surface area contributed by atoms with Gasteiger partial charge in [-0.3, -0.25) is 19.9 Å². The molecule has 4 radical (unpaired) electrons. The summed E-state index contributed by atoms with van der Waals surface area (Å²) in [4.78, 5) is 19.9. The zero-order chi connectivity index (χ0) is 99.6. The van der Waals surface area contributed by atoms with Crippen LogP contribution in [0.15, 0.2) is 243 Å². The molecule has 12 heteroatoms. The topological polar surface area (TPSA) is 69.2 Å². The number of hydrogen-bond acceptors (Lipinski definition) is 4. The number of nitrogens with zero attached hydrogens (tertiary/aromatic N) is 8. The molecule has 0 aliphatic heterocycles. The van der Waals surface area contributed by atoms with Crippen molar-refractivity contribution in [1.82, 2.24) is 37.5 Å². The molecule has 0 aliphatic carbocycles. The third-order valence-electron chi connectivity index (χ3n) is 28.2. The molecule has 0 atom stereocenters. The molecule has 0 spiro atoms. The maximum Gasteiger partial charge on any atom is 0.0639 e. The maximum atomic E-state index is 5.15. The molecule has 0 unspecified atom stereocenters. The molecule has 8 aromatic heterocycles. The summed E-state index contributed by atoms with van der Waals surface area (Å²) >= 11 is 0. The first-order valence-corrected chi connectivity index (χ1v) is 50.8. The van der Waals surface area contributed by atoms with Crippen molar-refractivity contribution < 1.29 is 80.4 Å². The smallest absolute Gasteiger partial charge is 0.0639 e. The van der Waals surface area contributed by atoms with E-state index in [2.05, 4.69) is 449 Å². The van der Waals surface area contributed by atoms with E-state index in [0.29, 0.717) is 17.8 Å². The average molecular weight is 2610 g/mol. The third-order valence-corrected chi connectivity index (χ3v) is 28.2. The van der Waals surface area contributed by atoms with Crippen LogP contribution in [-0.2, 0) is 113 Å². The molecule has 21 aromatic rings. The number of benzene rings is 13. The number of aryl methyl sites for hydroxylation is 8. The standard InChI is InChI=1S/C40H51N2.C33H37N2.C31H25N2.C28H27N2.4Ir/c1-24(2)27-17-32(25(3)4)37(33(18-27)26(5)6)36-23-41-38-31-16-14-13-15-30(31)34-19-28(21-39(7,8)9)29(22-40(10,11)12)20-35(34)42(36)38;1-21-12-11-13-22(2)30(21)29-20-34-31-26-15-10-9-14-25(26)27-16-23(18-32(3,4)5)24(19-33(6,7)8)17-28(27)35(29)31;1-19-16-27-25-12-8-9-13-26(25)31-32-18-29(33(31)28(27)17-20(19)2)30-21(3)14-24(15-22(30)4)23-10-6-5-7-11-23;1-18-9-8-10-19(2)26(18)25-17-29-27-22-12-7-6-11-21(22)23-15-20(16-28(3,4)5)13-14-24(23)30(25)27;;;;/h13-15,17-20,23-26H,21-22H2,1-12H3;9-14,16-17,20H,18-19H2,1-8H3;5-12,14-18H,1-4H3;6-11,13-15,17H,16H2,1-5H3;;;;/q4*-1;;;;. The second kappa shape index (κ2) is 42.6. The van der Waals surface area contributed by atoms with Crippen LogP contribution in [0, 0.1) is 107 Å². The number of pyridine rings is 4. The number of fused-ring (bicyclic) bond motifs is 24. The molecule has 0 saturated heterocycles. The molecule has 0 bridgehead atoms. The second-order valence-electron chi connectivity index (χ2n) is 47.2. The van der Waals surface area contributed by atoms with Gasteiger partial charge in [0.1, 0.15) is 0 Å². The summed E-state index contributed by atoms with van der Waals surface area (Å²) < 4.78 is 9.50. The first kappa shape index (κ1) is 109. The Bertz CT molecular complexity index is 8330. The van der Waals surface area contributed by atoms with Crippen LogP contribution in [0.25, 0.3) is 165 Å². The van der Waals surface area contributed by atoms with E-state index < -0.39 is 0 Å². The Morgan fingerprint density at radius 1 is 0.250 bits per heavy atom. The Kier molecular flexibility index (Phi) is 32.3. The first-order valence-electron chi connectivity index (χ1n) is 50.8. The number of hydrogen-bond donors (Lipinski definition) is 0. The predicted molar refractivity (Wildman–Crippen MR) is 599 cm³/mol. The van der Waals surface area contributed by atoms with Gasteiger partial charge in [-0.1, -0.05) is 288 Å². The monoisotopic (exact) mass is 2610 g/mol. The molecule has 748 valence electrons. The summed E-state index contributed by atoms with van der Waals surface area (Å²) in [7, 11) is 0. The summed E-state index contributed by atoms with van der Waals surface area (Å²) in [6.45, 7) is 66.5. The van der Waals surface area contributed by atoms with Gasteiger partial charge < -0.3 is 17.6 Å². The molecular weight excluding hydrogens is 2470 g/mol. The van der Waals surface area contributed by atoms with Crippen molar-refractivity contribution in [3.8, 4) is 56.2 Å². The van der Waals surface area contributed by atoms with Crippen LogP contribution in [0.2, 0.25) is 0 Å². The Labute approximate surface area is 909 Å². The van der Waals surface area contributed by atoms with Gasteiger partial charge in [0.25, 0.3) is 0 Å². The minimum atomic E-state index is 0. The fourth-order valence-corrected chi connectivity index (χ4v) is 22.0. The summed E-state index contributed by atoms with van der Waals surface area (Å²) in [5.74, 6) is 1.28. The van der Waals surface area contributed by atoms with Crippen molar-refractivity contribution in [2.24, 2.45) is 27.1 Å². The molecule has 0 N–H and O–H groups in total. The summed E-state index contributed by atoms with van der Waals surface area (Å²) in [5.41, 5.74) is 43.7. The van der Waals surface area contributed by atoms with Gasteiger partial charge in [0.15, 0.2) is 0 Å². The van der Waals surface area contributed by atoms with Crippen molar-refractivity contribution in [2.45, 2.75) is 251 Å². The van der Waals surface area contributed by atoms with Crippen LogP contribution in [-0.4, -0.2) is 37.5 Å². The van der Waals surface area contributed by atoms with Gasteiger partial charge in [-0.15, -0.1) is 119 Å². The maximum absolute atomic E-state index is 5.15. The molecule has 0 fully saturated rings. The van der Waals surface area contributed by atoms with E-state index >= 15 is 0 Å². The fraction of sp³-hybridized carbons (Fsp3) is 0.318. The molecule has 0 amide bonds. The van der Waals surface area contributed by atoms with Crippen molar-refractivity contribution in [1.29, 1.82) is 0 Å². The van der Waals surface area contributed by atoms with E-state index in [1.807, 2.05) is 36.7 Å². The molecule has 0 saturated carbocycles. The molecule has 0 aliphatic rings. The van der Waals surface area contributed by atoms with E-state index in [4.69, 9.17) is 19.9 Å². The zero-order valence-corrected chi connectivity index (χ0v) is 99.4. The number of imidazole rings is 4. The van der Waals surface area contributed by atoms with Gasteiger partial charge in [-0.2, -0.15) is 0 Å². The quantitative estimate of drug-likeness (QED) is 0.0852. The van der Waals surface area contributed by atoms with Crippen molar-refractivity contribution in [3.63, 3.8) is 0 Å². The Balaban J connectivity index is 0.000000152. The third kappa shape index (κ3) is 21.9. The second-order valence-corrected chi connectivity index (χ2v) is 47.2. The van der Waals surface area contributed by atoms with Gasteiger partial charge in [0, 0.05) is 150 Å². The number of rotatable bonds is 13. The van der Waals surface area contributed by atoms with Crippen LogP contribution in [0.5, 0.6) is 0 Å². The molecule has 144 heavy (non-hydrogen) atoms. The zero-order valence-electron chi connectivity index (χ0n) is 89.8. The molecular formula is C132H140Ir4N8-4. The van der Waals surface area contributed by atoms with E-state index in [1.165, 1.54) is 193 Å². The predicted octanol–water partition coefficient (Wildman–Crippen LogP) is 35.9. The normalized spacial score (nSPS) is 12.2. The average Bonchev–Trinajstić information content (AvgIpc) is 1.53. The van der Waals surface area contributed by atoms with E-state index in [9.17, 15) is 0 Å². The summed E-state index contributed by atoms with van der Waals surface area (Å²) in [6.07, 6.45) is 13.5.